The average Bonchev–Trinajstić information content (AvgIpc) is 2.47. The zero-order valence-electron chi connectivity index (χ0n) is 10.1. The van der Waals surface area contributed by atoms with Gasteiger partial charge in [0.1, 0.15) is 11.4 Å². The van der Waals surface area contributed by atoms with Crippen LogP contribution in [0.2, 0.25) is 0 Å². The maximum absolute atomic E-state index is 11.9. The molecular formula is C14H9NO5. The molecule has 0 amide bonds. The molecule has 0 unspecified atom stereocenters. The van der Waals surface area contributed by atoms with Crippen molar-refractivity contribution in [2.75, 3.05) is 0 Å². The van der Waals surface area contributed by atoms with Gasteiger partial charge in [-0.3, -0.25) is 0 Å². The molecule has 0 aliphatic carbocycles. The van der Waals surface area contributed by atoms with Crippen molar-refractivity contribution in [1.29, 1.82) is 0 Å². The van der Waals surface area contributed by atoms with E-state index in [1.807, 2.05) is 0 Å². The zero-order valence-corrected chi connectivity index (χ0v) is 10.1. The molecule has 2 rings (SSSR count). The van der Waals surface area contributed by atoms with Crippen molar-refractivity contribution < 1.29 is 19.4 Å². The Hall–Kier alpha value is -3.02. The van der Waals surface area contributed by atoms with E-state index in [2.05, 4.69) is 5.18 Å². The number of hydrogen-bond donors (Lipinski definition) is 1. The largest absolute Gasteiger partial charge is 0.478 e. The van der Waals surface area contributed by atoms with Crippen LogP contribution in [0.1, 0.15) is 20.7 Å². The Labute approximate surface area is 113 Å². The van der Waals surface area contributed by atoms with Crippen molar-refractivity contribution in [1.82, 2.24) is 0 Å². The molecule has 0 heterocycles. The van der Waals surface area contributed by atoms with Crippen molar-refractivity contribution in [2.24, 2.45) is 5.18 Å². The van der Waals surface area contributed by atoms with E-state index < -0.39 is 11.9 Å². The molecule has 0 radical (unpaired) electrons. The molecule has 0 spiro atoms. The number of carboxylic acid groups (broad SMARTS) is 1. The number of nitrogens with zero attached hydrogens (tertiary/aromatic N) is 1. The Balaban J connectivity index is 2.30. The van der Waals surface area contributed by atoms with E-state index in [-0.39, 0.29) is 16.8 Å². The predicted molar refractivity (Wildman–Crippen MR) is 70.3 cm³/mol. The first kappa shape index (κ1) is 13.4. The minimum atomic E-state index is -1.21. The lowest BCUT2D eigenvalue weighted by Gasteiger charge is -2.06. The molecule has 1 N–H and O–H groups in total. The molecule has 0 fully saturated rings. The summed E-state index contributed by atoms with van der Waals surface area (Å²) in [6.45, 7) is 0. The highest BCUT2D eigenvalue weighted by molar-refractivity contribution is 5.98. The molecule has 2 aromatic rings. The standard InChI is InChI=1S/C14H9NO5/c16-13(17)9-6-7-11(12(8-9)15-19)14(18)20-10-4-2-1-3-5-10/h1-8H,(H,16,17). The maximum Gasteiger partial charge on any atom is 0.345 e. The third kappa shape index (κ3) is 2.86. The van der Waals surface area contributed by atoms with Crippen LogP contribution in [-0.2, 0) is 0 Å². The molecule has 20 heavy (non-hydrogen) atoms. The second-order valence-electron chi connectivity index (χ2n) is 3.83. The van der Waals surface area contributed by atoms with Gasteiger partial charge in [-0.1, -0.05) is 18.2 Å². The summed E-state index contributed by atoms with van der Waals surface area (Å²) in [6, 6.07) is 11.7. The third-order valence-electron chi connectivity index (χ3n) is 2.52. The number of carbonyl (C=O) groups excluding carboxylic acids is 1. The topological polar surface area (TPSA) is 93.0 Å². The molecule has 0 aliphatic heterocycles. The Morgan fingerprint density at radius 2 is 1.75 bits per heavy atom. The highest BCUT2D eigenvalue weighted by Crippen LogP contribution is 2.23. The first-order valence-electron chi connectivity index (χ1n) is 5.60. The van der Waals surface area contributed by atoms with E-state index in [4.69, 9.17) is 9.84 Å². The lowest BCUT2D eigenvalue weighted by atomic mass is 10.1. The molecule has 0 aliphatic rings. The quantitative estimate of drug-likeness (QED) is 0.524. The molecular weight excluding hydrogens is 262 g/mol. The predicted octanol–water partition coefficient (Wildman–Crippen LogP) is 3.00. The van der Waals surface area contributed by atoms with Gasteiger partial charge in [-0.25, -0.2) is 9.59 Å². The summed E-state index contributed by atoms with van der Waals surface area (Å²) >= 11 is 0. The van der Waals surface area contributed by atoms with Crippen LogP contribution in [0.3, 0.4) is 0 Å². The highest BCUT2D eigenvalue weighted by atomic mass is 16.5. The van der Waals surface area contributed by atoms with Gasteiger partial charge in [0.15, 0.2) is 0 Å². The molecule has 0 atom stereocenters. The summed E-state index contributed by atoms with van der Waals surface area (Å²) in [7, 11) is 0. The van der Waals surface area contributed by atoms with Crippen LogP contribution in [0, 0.1) is 4.91 Å². The number of carboxylic acids is 1. The fourth-order valence-corrected chi connectivity index (χ4v) is 1.56. The fraction of sp³-hybridized carbons (Fsp3) is 0. The Morgan fingerprint density at radius 1 is 1.05 bits per heavy atom. The molecule has 6 heteroatoms. The number of nitroso groups, excluding NO2 is 1. The summed E-state index contributed by atoms with van der Waals surface area (Å²) in [5.41, 5.74) is -0.490. The maximum atomic E-state index is 11.9. The zero-order chi connectivity index (χ0) is 14.5. The number of hydrogen-bond acceptors (Lipinski definition) is 5. The summed E-state index contributed by atoms with van der Waals surface area (Å²) in [5, 5.41) is 11.5. The van der Waals surface area contributed by atoms with Crippen LogP contribution in [0.15, 0.2) is 53.7 Å². The van der Waals surface area contributed by atoms with Crippen LogP contribution in [0.5, 0.6) is 5.75 Å². The van der Waals surface area contributed by atoms with Crippen molar-refractivity contribution >= 4 is 17.6 Å². The number of benzene rings is 2. The number of carbonyl (C=O) groups is 2. The number of aromatic carboxylic acids is 1. The minimum absolute atomic E-state index is 0.0890. The van der Waals surface area contributed by atoms with Crippen LogP contribution >= 0.6 is 0 Å². The van der Waals surface area contributed by atoms with E-state index in [0.717, 1.165) is 6.07 Å². The van der Waals surface area contributed by atoms with Gasteiger partial charge >= 0.3 is 11.9 Å². The van der Waals surface area contributed by atoms with Gasteiger partial charge in [-0.2, -0.15) is 0 Å². The first-order chi connectivity index (χ1) is 9.61. The monoisotopic (exact) mass is 271 g/mol. The summed E-state index contributed by atoms with van der Waals surface area (Å²) < 4.78 is 5.06. The summed E-state index contributed by atoms with van der Waals surface area (Å²) in [4.78, 5) is 33.4. The second-order valence-corrected chi connectivity index (χ2v) is 3.83. The van der Waals surface area contributed by atoms with E-state index in [1.165, 1.54) is 12.1 Å². The lowest BCUT2D eigenvalue weighted by Crippen LogP contribution is -2.09. The molecule has 100 valence electrons. The van der Waals surface area contributed by atoms with Crippen molar-refractivity contribution in [3.05, 3.63) is 64.6 Å². The molecule has 0 bridgehead atoms. The van der Waals surface area contributed by atoms with Crippen LogP contribution in [0.25, 0.3) is 0 Å². The van der Waals surface area contributed by atoms with Gasteiger partial charge < -0.3 is 9.84 Å². The van der Waals surface area contributed by atoms with Crippen molar-refractivity contribution in [2.45, 2.75) is 0 Å². The Bertz CT molecular complexity index is 667. The molecule has 0 saturated heterocycles. The van der Waals surface area contributed by atoms with Gasteiger partial charge in [0.2, 0.25) is 0 Å². The van der Waals surface area contributed by atoms with Crippen molar-refractivity contribution in [3.63, 3.8) is 0 Å². The van der Waals surface area contributed by atoms with Crippen LogP contribution in [-0.4, -0.2) is 17.0 Å². The third-order valence-corrected chi connectivity index (χ3v) is 2.52. The number of esters is 1. The molecule has 0 aromatic heterocycles. The summed E-state index contributed by atoms with van der Waals surface area (Å²) in [5.74, 6) is -1.67. The molecule has 0 saturated carbocycles. The Kier molecular flexibility index (Phi) is 3.85. The number of para-hydroxylation sites is 1. The van der Waals surface area contributed by atoms with Gasteiger partial charge in [-0.15, -0.1) is 4.91 Å². The van der Waals surface area contributed by atoms with Gasteiger partial charge in [0, 0.05) is 0 Å². The SMILES string of the molecule is O=Nc1cc(C(=O)O)ccc1C(=O)Oc1ccccc1. The smallest absolute Gasteiger partial charge is 0.345 e. The first-order valence-corrected chi connectivity index (χ1v) is 5.60. The normalized spacial score (nSPS) is 9.80. The lowest BCUT2D eigenvalue weighted by molar-refractivity contribution is 0.0692. The number of ether oxygens (including phenoxy) is 1. The Morgan fingerprint density at radius 3 is 2.35 bits per heavy atom. The minimum Gasteiger partial charge on any atom is -0.478 e. The van der Waals surface area contributed by atoms with Crippen LogP contribution < -0.4 is 4.74 Å². The van der Waals surface area contributed by atoms with Gasteiger partial charge in [-0.05, 0) is 35.5 Å². The van der Waals surface area contributed by atoms with E-state index >= 15 is 0 Å². The van der Waals surface area contributed by atoms with Crippen LogP contribution in [0.4, 0.5) is 5.69 Å². The van der Waals surface area contributed by atoms with Gasteiger partial charge in [0.25, 0.3) is 0 Å². The summed E-state index contributed by atoms with van der Waals surface area (Å²) in [6.07, 6.45) is 0. The fourth-order valence-electron chi connectivity index (χ4n) is 1.56. The molecule has 6 nitrogen and oxygen atoms in total. The highest BCUT2D eigenvalue weighted by Gasteiger charge is 2.17. The van der Waals surface area contributed by atoms with Gasteiger partial charge in [0.05, 0.1) is 11.1 Å². The van der Waals surface area contributed by atoms with E-state index in [0.29, 0.717) is 5.75 Å². The second kappa shape index (κ2) is 5.75. The number of rotatable bonds is 4. The van der Waals surface area contributed by atoms with Crippen molar-refractivity contribution in [3.8, 4) is 5.75 Å². The van der Waals surface area contributed by atoms with E-state index in [9.17, 15) is 14.5 Å². The molecule has 2 aromatic carbocycles. The average molecular weight is 271 g/mol. The van der Waals surface area contributed by atoms with E-state index in [1.54, 1.807) is 30.3 Å².